The van der Waals surface area contributed by atoms with Gasteiger partial charge in [-0.05, 0) is 25.7 Å². The van der Waals surface area contributed by atoms with E-state index in [2.05, 4.69) is 5.32 Å². The molecule has 0 saturated carbocycles. The van der Waals surface area contributed by atoms with Crippen LogP contribution in [-0.2, 0) is 20.3 Å². The van der Waals surface area contributed by atoms with Crippen LogP contribution in [0.4, 0.5) is 0 Å². The van der Waals surface area contributed by atoms with E-state index >= 15 is 0 Å². The Bertz CT molecular complexity index is 306. The smallest absolute Gasteiger partial charge is 0.240 e. The summed E-state index contributed by atoms with van der Waals surface area (Å²) in [6.07, 6.45) is 2.75. The highest BCUT2D eigenvalue weighted by Crippen LogP contribution is 2.19. The van der Waals surface area contributed by atoms with Crippen LogP contribution in [0.5, 0.6) is 0 Å². The lowest BCUT2D eigenvalue weighted by Crippen LogP contribution is -2.59. The number of hydrogen-bond acceptors (Lipinski definition) is 4. The lowest BCUT2D eigenvalue weighted by Gasteiger charge is -2.34. The van der Waals surface area contributed by atoms with Crippen molar-refractivity contribution in [3.8, 4) is 0 Å². The molecule has 3 N–H and O–H groups in total. The zero-order valence-electron chi connectivity index (χ0n) is 9.94. The number of amides is 1. The number of nitrogens with one attached hydrogen (secondary N) is 1. The molecule has 0 bridgehead atoms. The predicted molar refractivity (Wildman–Crippen MR) is 66.0 cm³/mol. The van der Waals surface area contributed by atoms with Gasteiger partial charge < -0.3 is 15.8 Å². The fourth-order valence-electron chi connectivity index (χ4n) is 2.23. The Morgan fingerprint density at radius 3 is 2.47 bits per heavy atom. The van der Waals surface area contributed by atoms with Crippen LogP contribution >= 0.6 is 0 Å². The molecule has 2 aliphatic heterocycles. The molecule has 0 atom stereocenters. The molecular formula is C11H20N2O3S. The second-order valence-electron chi connectivity index (χ2n) is 4.86. The van der Waals surface area contributed by atoms with Crippen LogP contribution in [0, 0.1) is 0 Å². The molecule has 2 aliphatic rings. The number of rotatable bonds is 2. The molecule has 2 fully saturated rings. The Balaban J connectivity index is 1.85. The normalized spacial score (nSPS) is 33.0. The Morgan fingerprint density at radius 2 is 1.88 bits per heavy atom. The van der Waals surface area contributed by atoms with Gasteiger partial charge in [0.2, 0.25) is 5.91 Å². The van der Waals surface area contributed by atoms with E-state index < -0.39 is 16.3 Å². The highest BCUT2D eigenvalue weighted by molar-refractivity contribution is 7.85. The number of nitrogens with two attached hydrogens (primary N) is 1. The van der Waals surface area contributed by atoms with Crippen molar-refractivity contribution >= 4 is 16.7 Å². The molecule has 5 nitrogen and oxygen atoms in total. The van der Waals surface area contributed by atoms with Crippen molar-refractivity contribution in [2.24, 2.45) is 5.73 Å². The molecule has 0 aromatic carbocycles. The van der Waals surface area contributed by atoms with Gasteiger partial charge in [0.15, 0.2) is 0 Å². The second kappa shape index (κ2) is 5.46. The molecule has 2 heterocycles. The van der Waals surface area contributed by atoms with Gasteiger partial charge in [-0.2, -0.15) is 0 Å². The maximum atomic E-state index is 12.1. The molecule has 2 rings (SSSR count). The summed E-state index contributed by atoms with van der Waals surface area (Å²) in [6, 6.07) is 0.142. The summed E-state index contributed by atoms with van der Waals surface area (Å²) in [4.78, 5) is 12.1. The zero-order chi connectivity index (χ0) is 12.3. The van der Waals surface area contributed by atoms with Gasteiger partial charge in [0.05, 0.1) is 5.54 Å². The highest BCUT2D eigenvalue weighted by atomic mass is 32.2. The van der Waals surface area contributed by atoms with Gasteiger partial charge in [-0.15, -0.1) is 0 Å². The monoisotopic (exact) mass is 260 g/mol. The minimum absolute atomic E-state index is 0.0708. The Hall–Kier alpha value is -0.460. The summed E-state index contributed by atoms with van der Waals surface area (Å²) < 4.78 is 16.4. The molecule has 6 heteroatoms. The summed E-state index contributed by atoms with van der Waals surface area (Å²) in [6.45, 7) is 1.11. The van der Waals surface area contributed by atoms with E-state index in [1.165, 1.54) is 0 Å². The van der Waals surface area contributed by atoms with Gasteiger partial charge in [-0.1, -0.05) is 0 Å². The molecule has 0 aromatic rings. The van der Waals surface area contributed by atoms with E-state index in [1.807, 2.05) is 0 Å². The summed E-state index contributed by atoms with van der Waals surface area (Å²) in [7, 11) is -0.693. The largest absolute Gasteiger partial charge is 0.381 e. The standard InChI is InChI=1S/C11H20N2O3S/c12-11(3-5-16-6-4-11)10(14)13-9-1-7-17(15)8-2-9/h9H,1-8,12H2,(H,13,14). The van der Waals surface area contributed by atoms with Crippen LogP contribution in [0.3, 0.4) is 0 Å². The molecule has 0 aliphatic carbocycles. The van der Waals surface area contributed by atoms with Crippen LogP contribution < -0.4 is 11.1 Å². The topological polar surface area (TPSA) is 81.4 Å². The minimum Gasteiger partial charge on any atom is -0.381 e. The first kappa shape index (κ1) is 13.0. The third kappa shape index (κ3) is 3.26. The van der Waals surface area contributed by atoms with E-state index in [1.54, 1.807) is 0 Å². The van der Waals surface area contributed by atoms with E-state index in [0.29, 0.717) is 37.6 Å². The first-order valence-corrected chi connectivity index (χ1v) is 7.61. The first-order valence-electron chi connectivity index (χ1n) is 6.13. The van der Waals surface area contributed by atoms with Crippen molar-refractivity contribution in [3.63, 3.8) is 0 Å². The molecule has 0 radical (unpaired) electrons. The van der Waals surface area contributed by atoms with Crippen LogP contribution in [-0.4, -0.2) is 46.4 Å². The number of hydrogen-bond donors (Lipinski definition) is 2. The molecule has 0 spiro atoms. The average Bonchev–Trinajstić information content (AvgIpc) is 2.33. The molecule has 0 aromatic heterocycles. The van der Waals surface area contributed by atoms with E-state index in [4.69, 9.17) is 10.5 Å². The van der Waals surface area contributed by atoms with Crippen LogP contribution in [0.15, 0.2) is 0 Å². The van der Waals surface area contributed by atoms with Gasteiger partial charge in [0.1, 0.15) is 0 Å². The molecule has 98 valence electrons. The van der Waals surface area contributed by atoms with Gasteiger partial charge in [0, 0.05) is 41.6 Å². The van der Waals surface area contributed by atoms with Gasteiger partial charge >= 0.3 is 0 Å². The average molecular weight is 260 g/mol. The van der Waals surface area contributed by atoms with Crippen LogP contribution in [0.25, 0.3) is 0 Å². The zero-order valence-corrected chi connectivity index (χ0v) is 10.8. The van der Waals surface area contributed by atoms with Gasteiger partial charge in [-0.3, -0.25) is 9.00 Å². The molecular weight excluding hydrogens is 240 g/mol. The van der Waals surface area contributed by atoms with Crippen LogP contribution in [0.1, 0.15) is 25.7 Å². The number of carbonyl (C=O) groups excluding carboxylic acids is 1. The van der Waals surface area contributed by atoms with Gasteiger partial charge in [-0.25, -0.2) is 0 Å². The van der Waals surface area contributed by atoms with Gasteiger partial charge in [0.25, 0.3) is 0 Å². The fraction of sp³-hybridized carbons (Fsp3) is 0.909. The molecule has 0 unspecified atom stereocenters. The summed E-state index contributed by atoms with van der Waals surface area (Å²) in [5.74, 6) is 1.30. The molecule has 17 heavy (non-hydrogen) atoms. The fourth-order valence-corrected chi connectivity index (χ4v) is 3.53. The molecule has 1 amide bonds. The predicted octanol–water partition coefficient (Wildman–Crippen LogP) is -0.478. The lowest BCUT2D eigenvalue weighted by atomic mass is 9.90. The number of ether oxygens (including phenoxy) is 1. The summed E-state index contributed by atoms with van der Waals surface area (Å²) in [5.41, 5.74) is 5.33. The second-order valence-corrected chi connectivity index (χ2v) is 6.56. The Labute approximate surface area is 104 Å². The highest BCUT2D eigenvalue weighted by Gasteiger charge is 2.37. The Morgan fingerprint density at radius 1 is 1.29 bits per heavy atom. The summed E-state index contributed by atoms with van der Waals surface area (Å²) in [5, 5.41) is 3.00. The number of carbonyl (C=O) groups is 1. The van der Waals surface area contributed by atoms with Crippen molar-refractivity contribution in [2.75, 3.05) is 24.7 Å². The van der Waals surface area contributed by atoms with E-state index in [0.717, 1.165) is 12.8 Å². The SMILES string of the molecule is NC1(C(=O)NC2CCS(=O)CC2)CCOCC1. The Kier molecular flexibility index (Phi) is 4.17. The maximum Gasteiger partial charge on any atom is 0.240 e. The van der Waals surface area contributed by atoms with E-state index in [-0.39, 0.29) is 11.9 Å². The van der Waals surface area contributed by atoms with Crippen molar-refractivity contribution in [2.45, 2.75) is 37.3 Å². The lowest BCUT2D eigenvalue weighted by molar-refractivity contribution is -0.130. The first-order chi connectivity index (χ1) is 8.10. The minimum atomic E-state index is -0.769. The summed E-state index contributed by atoms with van der Waals surface area (Å²) >= 11 is 0. The van der Waals surface area contributed by atoms with Crippen molar-refractivity contribution in [1.82, 2.24) is 5.32 Å². The quantitative estimate of drug-likeness (QED) is 0.703. The third-order valence-corrected chi connectivity index (χ3v) is 4.94. The van der Waals surface area contributed by atoms with Crippen molar-refractivity contribution < 1.29 is 13.7 Å². The van der Waals surface area contributed by atoms with Crippen molar-refractivity contribution in [3.05, 3.63) is 0 Å². The van der Waals surface area contributed by atoms with Crippen LogP contribution in [0.2, 0.25) is 0 Å². The third-order valence-electron chi connectivity index (χ3n) is 3.56. The van der Waals surface area contributed by atoms with E-state index in [9.17, 15) is 9.00 Å². The molecule has 2 saturated heterocycles. The maximum absolute atomic E-state index is 12.1. The van der Waals surface area contributed by atoms with Crippen molar-refractivity contribution in [1.29, 1.82) is 0 Å².